The molecule has 0 saturated heterocycles. The number of rotatable bonds is 8. The number of methoxy groups -OCH3 is 1. The molecule has 0 aliphatic heterocycles. The molecule has 0 heterocycles. The lowest BCUT2D eigenvalue weighted by Crippen LogP contribution is -2.16. The number of hydrogen-bond donors (Lipinski definition) is 1. The van der Waals surface area contributed by atoms with E-state index in [2.05, 4.69) is 0 Å². The zero-order valence-corrected chi connectivity index (χ0v) is 17.6. The third kappa shape index (κ3) is 5.48. The summed E-state index contributed by atoms with van der Waals surface area (Å²) in [5, 5.41) is 10.9. The Labute approximate surface area is 171 Å². The van der Waals surface area contributed by atoms with E-state index in [9.17, 15) is 9.67 Å². The van der Waals surface area contributed by atoms with Crippen LogP contribution in [-0.2, 0) is 9.09 Å². The third-order valence-electron chi connectivity index (χ3n) is 4.50. The molecule has 2 atom stereocenters. The molecular weight excluding hydrogens is 387 g/mol. The molecule has 0 radical (unpaired) electrons. The SMILES string of the molecule is COc1ccc([C@H](O)COP(=O)(Oc2ccc(C)cc2)c2ccc(C)cc2)cc1. The molecule has 0 aromatic heterocycles. The Hall–Kier alpha value is -2.59. The molecular formula is C23H25O5P. The lowest BCUT2D eigenvalue weighted by Gasteiger charge is -2.21. The number of aliphatic hydroxyl groups excluding tert-OH is 1. The maximum Gasteiger partial charge on any atom is 0.410 e. The van der Waals surface area contributed by atoms with Gasteiger partial charge >= 0.3 is 7.60 Å². The van der Waals surface area contributed by atoms with Crippen molar-refractivity contribution in [3.63, 3.8) is 0 Å². The quantitative estimate of drug-likeness (QED) is 0.530. The van der Waals surface area contributed by atoms with E-state index in [1.54, 1.807) is 55.6 Å². The van der Waals surface area contributed by atoms with E-state index in [4.69, 9.17) is 13.8 Å². The van der Waals surface area contributed by atoms with Gasteiger partial charge in [-0.3, -0.25) is 4.52 Å². The molecule has 0 fully saturated rings. The van der Waals surface area contributed by atoms with E-state index in [1.807, 2.05) is 38.1 Å². The summed E-state index contributed by atoms with van der Waals surface area (Å²) in [6.07, 6.45) is -0.957. The largest absolute Gasteiger partial charge is 0.497 e. The summed E-state index contributed by atoms with van der Waals surface area (Å²) < 4.78 is 30.3. The highest BCUT2D eigenvalue weighted by Crippen LogP contribution is 2.48. The van der Waals surface area contributed by atoms with Crippen molar-refractivity contribution >= 4 is 12.9 Å². The zero-order valence-electron chi connectivity index (χ0n) is 16.7. The molecule has 3 aromatic rings. The van der Waals surface area contributed by atoms with E-state index < -0.39 is 13.7 Å². The molecule has 0 aliphatic rings. The minimum atomic E-state index is -3.70. The van der Waals surface area contributed by atoms with Crippen LogP contribution in [0.1, 0.15) is 22.8 Å². The topological polar surface area (TPSA) is 65.0 Å². The number of ether oxygens (including phenoxy) is 1. The molecule has 0 amide bonds. The second kappa shape index (κ2) is 9.27. The van der Waals surface area contributed by atoms with Gasteiger partial charge in [0, 0.05) is 0 Å². The summed E-state index contributed by atoms with van der Waals surface area (Å²) in [4.78, 5) is 0. The number of aryl methyl sites for hydroxylation is 2. The van der Waals surface area contributed by atoms with Gasteiger partial charge < -0.3 is 14.4 Å². The number of hydrogen-bond acceptors (Lipinski definition) is 5. The Balaban J connectivity index is 1.81. The van der Waals surface area contributed by atoms with Crippen LogP contribution < -0.4 is 14.6 Å². The predicted octanol–water partition coefficient (Wildman–Crippen LogP) is 4.96. The third-order valence-corrected chi connectivity index (χ3v) is 6.37. The van der Waals surface area contributed by atoms with Crippen molar-refractivity contribution < 1.29 is 23.5 Å². The lowest BCUT2D eigenvalue weighted by molar-refractivity contribution is 0.103. The van der Waals surface area contributed by atoms with Gasteiger partial charge in [-0.05, 0) is 55.8 Å². The van der Waals surface area contributed by atoms with Crippen LogP contribution >= 0.6 is 7.60 Å². The maximum atomic E-state index is 13.6. The van der Waals surface area contributed by atoms with Crippen LogP contribution in [-0.4, -0.2) is 18.8 Å². The van der Waals surface area contributed by atoms with Crippen LogP contribution in [0.25, 0.3) is 0 Å². The van der Waals surface area contributed by atoms with Gasteiger partial charge in [0.15, 0.2) is 0 Å². The first-order valence-electron chi connectivity index (χ1n) is 9.30. The molecule has 3 aromatic carbocycles. The Morgan fingerprint density at radius 2 is 1.34 bits per heavy atom. The molecule has 0 spiro atoms. The van der Waals surface area contributed by atoms with Crippen molar-refractivity contribution in [1.82, 2.24) is 0 Å². The maximum absolute atomic E-state index is 13.6. The van der Waals surface area contributed by atoms with Crippen molar-refractivity contribution in [3.05, 3.63) is 89.5 Å². The molecule has 3 rings (SSSR count). The first-order chi connectivity index (χ1) is 13.9. The second-order valence-electron chi connectivity index (χ2n) is 6.82. The summed E-state index contributed by atoms with van der Waals surface area (Å²) in [5.41, 5.74) is 2.74. The fraction of sp³-hybridized carbons (Fsp3) is 0.217. The van der Waals surface area contributed by atoms with Crippen molar-refractivity contribution in [3.8, 4) is 11.5 Å². The van der Waals surface area contributed by atoms with Crippen molar-refractivity contribution in [2.75, 3.05) is 13.7 Å². The highest BCUT2D eigenvalue weighted by atomic mass is 31.2. The minimum absolute atomic E-state index is 0.177. The van der Waals surface area contributed by atoms with Gasteiger partial charge in [-0.25, -0.2) is 4.57 Å². The molecule has 0 aliphatic carbocycles. The van der Waals surface area contributed by atoms with Gasteiger partial charge in [-0.2, -0.15) is 0 Å². The monoisotopic (exact) mass is 412 g/mol. The van der Waals surface area contributed by atoms with E-state index in [0.29, 0.717) is 22.4 Å². The van der Waals surface area contributed by atoms with E-state index >= 15 is 0 Å². The Morgan fingerprint density at radius 1 is 0.828 bits per heavy atom. The van der Waals surface area contributed by atoms with Crippen LogP contribution in [0.2, 0.25) is 0 Å². The second-order valence-corrected chi connectivity index (χ2v) is 8.77. The summed E-state index contributed by atoms with van der Waals surface area (Å²) in [6.45, 7) is 3.73. The zero-order chi connectivity index (χ0) is 20.9. The van der Waals surface area contributed by atoms with Crippen molar-refractivity contribution in [2.45, 2.75) is 20.0 Å². The molecule has 1 N–H and O–H groups in total. The molecule has 0 bridgehead atoms. The van der Waals surface area contributed by atoms with Gasteiger partial charge in [0.25, 0.3) is 0 Å². The van der Waals surface area contributed by atoms with Crippen LogP contribution in [0.3, 0.4) is 0 Å². The molecule has 29 heavy (non-hydrogen) atoms. The first kappa shape index (κ1) is 21.1. The van der Waals surface area contributed by atoms with Gasteiger partial charge in [-0.15, -0.1) is 0 Å². The smallest absolute Gasteiger partial charge is 0.410 e. The van der Waals surface area contributed by atoms with E-state index in [0.717, 1.165) is 11.1 Å². The van der Waals surface area contributed by atoms with E-state index in [1.165, 1.54) is 0 Å². The Bertz CT molecular complexity index is 966. The predicted molar refractivity (Wildman–Crippen MR) is 114 cm³/mol. The van der Waals surface area contributed by atoms with Crippen LogP contribution in [0.4, 0.5) is 0 Å². The van der Waals surface area contributed by atoms with Crippen molar-refractivity contribution in [1.29, 1.82) is 0 Å². The highest BCUT2D eigenvalue weighted by molar-refractivity contribution is 7.62. The van der Waals surface area contributed by atoms with Crippen molar-refractivity contribution in [2.24, 2.45) is 0 Å². The summed E-state index contributed by atoms with van der Waals surface area (Å²) in [7, 11) is -2.12. The van der Waals surface area contributed by atoms with Gasteiger partial charge in [0.1, 0.15) is 17.6 Å². The Morgan fingerprint density at radius 3 is 1.90 bits per heavy atom. The molecule has 1 unspecified atom stereocenters. The molecule has 0 saturated carbocycles. The summed E-state index contributed by atoms with van der Waals surface area (Å²) in [5.74, 6) is 1.13. The standard InChI is InChI=1S/C23H25O5P/c1-17-4-10-21(11-5-17)28-29(25,22-14-6-18(2)7-15-22)27-16-23(24)19-8-12-20(26-3)13-9-19/h4-15,23-24H,16H2,1-3H3/t23-,29?/m1/s1. The molecule has 5 nitrogen and oxygen atoms in total. The Kier molecular flexibility index (Phi) is 6.75. The first-order valence-corrected chi connectivity index (χ1v) is 10.8. The molecule has 152 valence electrons. The average Bonchev–Trinajstić information content (AvgIpc) is 2.74. The molecule has 6 heteroatoms. The normalized spacial score (nSPS) is 14.1. The number of aliphatic hydroxyl groups is 1. The van der Waals surface area contributed by atoms with Crippen LogP contribution in [0.5, 0.6) is 11.5 Å². The van der Waals surface area contributed by atoms with E-state index in [-0.39, 0.29) is 6.61 Å². The number of benzene rings is 3. The highest BCUT2D eigenvalue weighted by Gasteiger charge is 2.30. The fourth-order valence-electron chi connectivity index (χ4n) is 2.71. The van der Waals surface area contributed by atoms with Crippen LogP contribution in [0.15, 0.2) is 72.8 Å². The average molecular weight is 412 g/mol. The summed E-state index contributed by atoms with van der Waals surface area (Å²) >= 11 is 0. The fourth-order valence-corrected chi connectivity index (χ4v) is 4.27. The minimum Gasteiger partial charge on any atom is -0.497 e. The lowest BCUT2D eigenvalue weighted by atomic mass is 10.1. The summed E-state index contributed by atoms with van der Waals surface area (Å²) in [6, 6.07) is 21.4. The van der Waals surface area contributed by atoms with Crippen LogP contribution in [0, 0.1) is 13.8 Å². The van der Waals surface area contributed by atoms with Gasteiger partial charge in [-0.1, -0.05) is 47.5 Å². The van der Waals surface area contributed by atoms with Gasteiger partial charge in [0.05, 0.1) is 19.0 Å². The van der Waals surface area contributed by atoms with Gasteiger partial charge in [0.2, 0.25) is 0 Å².